The van der Waals surface area contributed by atoms with Gasteiger partial charge in [-0.2, -0.15) is 5.10 Å². The first-order valence-corrected chi connectivity index (χ1v) is 8.69. The van der Waals surface area contributed by atoms with E-state index in [0.29, 0.717) is 0 Å². The Morgan fingerprint density at radius 3 is 1.43 bits per heavy atom. The average molecular weight is 404 g/mol. The highest BCUT2D eigenvalue weighted by atomic mass is 16.5. The first kappa shape index (κ1) is 21.8. The van der Waals surface area contributed by atoms with Crippen LogP contribution < -0.4 is 0 Å². The Morgan fingerprint density at radius 2 is 1.23 bits per heavy atom. The van der Waals surface area contributed by atoms with Crippen LogP contribution in [0.2, 0.25) is 0 Å². The maximum atomic E-state index is 4.47. The minimum atomic E-state index is 1.31. The Hall–Kier alpha value is -4.53. The van der Waals surface area contributed by atoms with E-state index in [4.69, 9.17) is 0 Å². The second kappa shape index (κ2) is 15.5. The molecule has 0 fully saturated rings. The van der Waals surface area contributed by atoms with Gasteiger partial charge in [0, 0.05) is 17.7 Å². The molecule has 0 radical (unpaired) electrons. The van der Waals surface area contributed by atoms with Crippen LogP contribution in [0, 0.1) is 0 Å². The van der Waals surface area contributed by atoms with Crippen molar-refractivity contribution in [1.82, 2.24) is 30.5 Å². The van der Waals surface area contributed by atoms with E-state index >= 15 is 0 Å². The highest BCUT2D eigenvalue weighted by molar-refractivity contribution is 5.81. The molecule has 0 saturated carbocycles. The molecule has 0 spiro atoms. The molecule has 4 aromatic heterocycles. The molecule has 4 heterocycles. The monoisotopic (exact) mass is 404 g/mol. The fraction of sp³-hybridized carbons (Fsp3) is 0. The molecule has 0 unspecified atom stereocenters. The first-order chi connectivity index (χ1) is 15.0. The topological polar surface area (TPSA) is 120 Å². The Kier molecular flexibility index (Phi) is 11.3. The summed E-state index contributed by atoms with van der Waals surface area (Å²) in [5.41, 5.74) is 0. The molecule has 2 aromatic carbocycles. The second-order valence-corrected chi connectivity index (χ2v) is 5.05. The third-order valence-electron chi connectivity index (χ3n) is 3.04. The summed E-state index contributed by atoms with van der Waals surface area (Å²) >= 11 is 0. The largest absolute Gasteiger partial charge is 0.452 e. The number of hydrogen-bond acceptors (Lipinski definition) is 8. The summed E-state index contributed by atoms with van der Waals surface area (Å²) in [6, 6.07) is 18.5. The minimum Gasteiger partial charge on any atom is -0.452 e. The second-order valence-electron chi connectivity index (χ2n) is 5.05. The van der Waals surface area contributed by atoms with E-state index < -0.39 is 0 Å². The Labute approximate surface area is 172 Å². The summed E-state index contributed by atoms with van der Waals surface area (Å²) in [6.07, 6.45) is 15.3. The van der Waals surface area contributed by atoms with Crippen molar-refractivity contribution < 1.29 is 13.4 Å². The van der Waals surface area contributed by atoms with Gasteiger partial charge in [-0.25, -0.2) is 9.97 Å². The number of benzene rings is 2. The zero-order valence-corrected chi connectivity index (χ0v) is 15.9. The summed E-state index contributed by atoms with van der Waals surface area (Å²) in [6.45, 7) is 0. The van der Waals surface area contributed by atoms with Gasteiger partial charge < -0.3 is 13.4 Å². The highest BCUT2D eigenvalue weighted by Crippen LogP contribution is 2.11. The summed E-state index contributed by atoms with van der Waals surface area (Å²) < 4.78 is 13.2. The van der Waals surface area contributed by atoms with E-state index in [0.717, 1.165) is 0 Å². The molecule has 6 aromatic rings. The number of hydrogen-bond donors (Lipinski definition) is 1. The zero-order valence-electron chi connectivity index (χ0n) is 15.9. The van der Waals surface area contributed by atoms with Crippen LogP contribution >= 0.6 is 0 Å². The molecule has 9 heteroatoms. The van der Waals surface area contributed by atoms with E-state index in [-0.39, 0.29) is 0 Å². The van der Waals surface area contributed by atoms with Gasteiger partial charge in [-0.05, 0) is 16.8 Å². The van der Waals surface area contributed by atoms with Gasteiger partial charge in [-0.1, -0.05) is 48.5 Å². The molecule has 1 N–H and O–H groups in total. The van der Waals surface area contributed by atoms with Crippen molar-refractivity contribution in [1.29, 1.82) is 0 Å². The van der Waals surface area contributed by atoms with Crippen LogP contribution in [-0.4, -0.2) is 30.5 Å². The van der Waals surface area contributed by atoms with Crippen molar-refractivity contribution >= 4 is 10.8 Å². The average Bonchev–Trinajstić information content (AvgIpc) is 3.66. The van der Waals surface area contributed by atoms with Crippen LogP contribution in [0.25, 0.3) is 10.8 Å². The van der Waals surface area contributed by atoms with E-state index in [1.165, 1.54) is 48.5 Å². The number of aromatic nitrogens is 6. The van der Waals surface area contributed by atoms with Gasteiger partial charge in [0.1, 0.15) is 18.8 Å². The molecular weight excluding hydrogens is 384 g/mol. The maximum Gasteiger partial charge on any atom is 0.180 e. The number of nitrogens with zero attached hydrogens (tertiary/aromatic N) is 5. The lowest BCUT2D eigenvalue weighted by Crippen LogP contribution is -1.67. The summed E-state index contributed by atoms with van der Waals surface area (Å²) in [5.74, 6) is 0. The summed E-state index contributed by atoms with van der Waals surface area (Å²) in [5, 5.41) is 15.2. The number of rotatable bonds is 0. The van der Waals surface area contributed by atoms with E-state index in [9.17, 15) is 0 Å². The Balaban J connectivity index is 0.000000139. The SMILES string of the molecule is c1ccc2ccccc2c1.c1cn[nH]c1.c1cocn1.c1cocn1.c1conn1. The number of nitrogens with one attached hydrogen (secondary N) is 1. The number of aromatic amines is 1. The molecule has 6 rings (SSSR count). The number of oxazole rings is 2. The van der Waals surface area contributed by atoms with E-state index in [2.05, 4.69) is 92.4 Å². The van der Waals surface area contributed by atoms with Crippen LogP contribution in [0.1, 0.15) is 0 Å². The van der Waals surface area contributed by atoms with Gasteiger partial charge in [-0.15, -0.1) is 5.10 Å². The summed E-state index contributed by atoms with van der Waals surface area (Å²) in [7, 11) is 0. The normalized spacial score (nSPS) is 8.67. The molecule has 0 bridgehead atoms. The van der Waals surface area contributed by atoms with Crippen LogP contribution in [0.5, 0.6) is 0 Å². The predicted octanol–water partition coefficient (Wildman–Crippen LogP) is 4.67. The smallest absolute Gasteiger partial charge is 0.180 e. The molecule has 30 heavy (non-hydrogen) atoms. The van der Waals surface area contributed by atoms with Crippen LogP contribution in [-0.2, 0) is 0 Å². The first-order valence-electron chi connectivity index (χ1n) is 8.69. The van der Waals surface area contributed by atoms with Crippen LogP contribution in [0.15, 0.2) is 131 Å². The molecule has 0 atom stereocenters. The lowest BCUT2D eigenvalue weighted by molar-refractivity contribution is 0.393. The fourth-order valence-corrected chi connectivity index (χ4v) is 1.84. The molecule has 0 aliphatic heterocycles. The molecular formula is C21H20N6O3. The Morgan fingerprint density at radius 1 is 0.633 bits per heavy atom. The molecule has 0 amide bonds. The lowest BCUT2D eigenvalue weighted by Gasteiger charge is -1.92. The molecule has 9 nitrogen and oxygen atoms in total. The van der Waals surface area contributed by atoms with Crippen molar-refractivity contribution in [3.8, 4) is 0 Å². The van der Waals surface area contributed by atoms with Crippen molar-refractivity contribution in [3.63, 3.8) is 0 Å². The van der Waals surface area contributed by atoms with Gasteiger partial charge in [0.2, 0.25) is 0 Å². The van der Waals surface area contributed by atoms with Crippen molar-refractivity contribution in [2.24, 2.45) is 0 Å². The highest BCUT2D eigenvalue weighted by Gasteiger charge is 1.85. The third-order valence-corrected chi connectivity index (χ3v) is 3.04. The minimum absolute atomic E-state index is 1.31. The summed E-state index contributed by atoms with van der Waals surface area (Å²) in [4.78, 5) is 7.11. The van der Waals surface area contributed by atoms with Crippen molar-refractivity contribution in [2.45, 2.75) is 0 Å². The molecule has 152 valence electrons. The molecule has 0 aliphatic carbocycles. The van der Waals surface area contributed by atoms with Gasteiger partial charge in [-0.3, -0.25) is 5.10 Å². The van der Waals surface area contributed by atoms with Gasteiger partial charge in [0.05, 0.1) is 18.6 Å². The predicted molar refractivity (Wildman–Crippen MR) is 110 cm³/mol. The van der Waals surface area contributed by atoms with Crippen LogP contribution in [0.3, 0.4) is 0 Å². The third kappa shape index (κ3) is 10.6. The van der Waals surface area contributed by atoms with Gasteiger partial charge in [0.15, 0.2) is 12.8 Å². The van der Waals surface area contributed by atoms with E-state index in [1.54, 1.807) is 24.8 Å². The fourth-order valence-electron chi connectivity index (χ4n) is 1.84. The zero-order chi connectivity index (χ0) is 21.0. The maximum absolute atomic E-state index is 4.47. The Bertz CT molecular complexity index is 808. The standard InChI is InChI=1S/C10H8.C3H4N2.2C3H3NO.C2H2N2O/c1-2-6-10-8-4-3-7-9(10)5-1;1-2-4-5-3-1;2*1-2-5-3-4-1;1-2-5-4-3-1/h1-8H;1-3H,(H,4,5);2*1-3H;1-2H. The lowest BCUT2D eigenvalue weighted by atomic mass is 10.1. The van der Waals surface area contributed by atoms with Gasteiger partial charge in [0.25, 0.3) is 0 Å². The van der Waals surface area contributed by atoms with Gasteiger partial charge >= 0.3 is 0 Å². The van der Waals surface area contributed by atoms with E-state index in [1.807, 2.05) is 6.07 Å². The number of H-pyrrole nitrogens is 1. The van der Waals surface area contributed by atoms with Crippen molar-refractivity contribution in [3.05, 3.63) is 117 Å². The quantitative estimate of drug-likeness (QED) is 0.388. The molecule has 0 aliphatic rings. The van der Waals surface area contributed by atoms with Crippen LogP contribution in [0.4, 0.5) is 0 Å². The van der Waals surface area contributed by atoms with Crippen molar-refractivity contribution in [2.75, 3.05) is 0 Å². The molecule has 0 saturated heterocycles. The number of fused-ring (bicyclic) bond motifs is 1.